The average Bonchev–Trinajstić information content (AvgIpc) is 3.46. The molecule has 1 aliphatic carbocycles. The predicted octanol–water partition coefficient (Wildman–Crippen LogP) is 6.51. The fourth-order valence-electron chi connectivity index (χ4n) is 5.26. The Kier molecular flexibility index (Phi) is 5.65. The number of hydrogen-bond acceptors (Lipinski definition) is 2. The zero-order chi connectivity index (χ0) is 23.9. The number of amides is 2. The van der Waals surface area contributed by atoms with Gasteiger partial charge in [-0.1, -0.05) is 24.3 Å². The molecule has 4 aromatic rings. The Hall–Kier alpha value is -3.45. The molecule has 35 heavy (non-hydrogen) atoms. The van der Waals surface area contributed by atoms with Crippen LogP contribution >= 0.6 is 11.3 Å². The number of aryl methyl sites for hydroxylation is 1. The first kappa shape index (κ1) is 22.0. The van der Waals surface area contributed by atoms with Crippen LogP contribution < -0.4 is 5.32 Å². The second kappa shape index (κ2) is 8.96. The first-order valence-corrected chi connectivity index (χ1v) is 12.8. The van der Waals surface area contributed by atoms with Gasteiger partial charge in [-0.25, -0.2) is 13.6 Å². The number of aromatic nitrogens is 1. The number of urea groups is 1. The van der Waals surface area contributed by atoms with Crippen LogP contribution in [0.5, 0.6) is 0 Å². The molecule has 0 radical (unpaired) electrons. The van der Waals surface area contributed by atoms with Crippen LogP contribution in [0.3, 0.4) is 0 Å². The molecular formula is C28H25F2N3OS. The molecular weight excluding hydrogens is 464 g/mol. The summed E-state index contributed by atoms with van der Waals surface area (Å²) in [5.74, 6) is -0.613. The monoisotopic (exact) mass is 489 g/mol. The fourth-order valence-corrected chi connectivity index (χ4v) is 6.67. The van der Waals surface area contributed by atoms with Crippen LogP contribution in [0.4, 0.5) is 13.6 Å². The second-order valence-corrected chi connectivity index (χ2v) is 10.2. The molecule has 0 fully saturated rings. The summed E-state index contributed by atoms with van der Waals surface area (Å²) in [5.41, 5.74) is 5.25. The van der Waals surface area contributed by atoms with E-state index in [1.165, 1.54) is 51.7 Å². The third-order valence-electron chi connectivity index (χ3n) is 6.98. The van der Waals surface area contributed by atoms with Gasteiger partial charge in [0.2, 0.25) is 0 Å². The zero-order valence-corrected chi connectivity index (χ0v) is 20.0. The van der Waals surface area contributed by atoms with Crippen LogP contribution in [0.2, 0.25) is 0 Å². The van der Waals surface area contributed by atoms with Crippen LogP contribution in [0.1, 0.15) is 51.7 Å². The van der Waals surface area contributed by atoms with Gasteiger partial charge >= 0.3 is 6.03 Å². The van der Waals surface area contributed by atoms with Crippen molar-refractivity contribution in [1.29, 1.82) is 0 Å². The van der Waals surface area contributed by atoms with Gasteiger partial charge in [0.1, 0.15) is 16.6 Å². The van der Waals surface area contributed by atoms with E-state index in [2.05, 4.69) is 16.1 Å². The van der Waals surface area contributed by atoms with Crippen LogP contribution in [0.25, 0.3) is 5.00 Å². The minimum atomic E-state index is -0.377. The first-order chi connectivity index (χ1) is 17.1. The Labute approximate surface area is 206 Å². The molecule has 2 amide bonds. The second-order valence-electron chi connectivity index (χ2n) is 9.16. The van der Waals surface area contributed by atoms with E-state index in [4.69, 9.17) is 0 Å². The molecule has 4 nitrogen and oxygen atoms in total. The molecule has 2 aliphatic rings. The van der Waals surface area contributed by atoms with Gasteiger partial charge in [0.25, 0.3) is 0 Å². The molecule has 2 aromatic heterocycles. The minimum absolute atomic E-state index is 0.208. The van der Waals surface area contributed by atoms with Crippen molar-refractivity contribution in [3.63, 3.8) is 0 Å². The highest BCUT2D eigenvalue weighted by atomic mass is 32.1. The van der Waals surface area contributed by atoms with Crippen molar-refractivity contribution in [3.05, 3.63) is 111 Å². The van der Waals surface area contributed by atoms with Crippen molar-refractivity contribution in [3.8, 4) is 5.00 Å². The molecule has 6 rings (SSSR count). The molecule has 0 bridgehead atoms. The Balaban J connectivity index is 1.42. The summed E-state index contributed by atoms with van der Waals surface area (Å²) >= 11 is 1.83. The van der Waals surface area contributed by atoms with E-state index in [1.807, 2.05) is 28.4 Å². The Morgan fingerprint density at radius 3 is 2.43 bits per heavy atom. The van der Waals surface area contributed by atoms with Gasteiger partial charge in [0.15, 0.2) is 0 Å². The number of hydrogen-bond donors (Lipinski definition) is 1. The third kappa shape index (κ3) is 4.04. The molecule has 1 N–H and O–H groups in total. The molecule has 0 spiro atoms. The van der Waals surface area contributed by atoms with Crippen molar-refractivity contribution in [2.24, 2.45) is 0 Å². The van der Waals surface area contributed by atoms with Gasteiger partial charge in [-0.3, -0.25) is 0 Å². The highest BCUT2D eigenvalue weighted by Crippen LogP contribution is 2.44. The van der Waals surface area contributed by atoms with Crippen molar-refractivity contribution in [2.75, 3.05) is 0 Å². The maximum Gasteiger partial charge on any atom is 0.318 e. The summed E-state index contributed by atoms with van der Waals surface area (Å²) < 4.78 is 29.3. The summed E-state index contributed by atoms with van der Waals surface area (Å²) in [6, 6.07) is 16.0. The molecule has 1 unspecified atom stereocenters. The van der Waals surface area contributed by atoms with Crippen LogP contribution in [-0.4, -0.2) is 15.5 Å². The molecule has 2 aromatic carbocycles. The van der Waals surface area contributed by atoms with E-state index in [0.29, 0.717) is 13.1 Å². The lowest BCUT2D eigenvalue weighted by molar-refractivity contribution is 0.180. The topological polar surface area (TPSA) is 37.3 Å². The quantitative estimate of drug-likeness (QED) is 0.350. The number of carbonyl (C=O) groups is 1. The molecule has 3 heterocycles. The highest BCUT2D eigenvalue weighted by molar-refractivity contribution is 7.15. The normalized spacial score (nSPS) is 16.7. The Morgan fingerprint density at radius 2 is 1.66 bits per heavy atom. The summed E-state index contributed by atoms with van der Waals surface area (Å²) in [4.78, 5) is 17.0. The third-order valence-corrected chi connectivity index (χ3v) is 8.32. The van der Waals surface area contributed by atoms with Gasteiger partial charge in [-0.2, -0.15) is 0 Å². The summed E-state index contributed by atoms with van der Waals surface area (Å²) in [7, 11) is 0. The number of fused-ring (bicyclic) bond motifs is 5. The van der Waals surface area contributed by atoms with E-state index in [9.17, 15) is 13.6 Å². The first-order valence-electron chi connectivity index (χ1n) is 11.9. The largest absolute Gasteiger partial charge is 0.334 e. The van der Waals surface area contributed by atoms with E-state index >= 15 is 0 Å². The molecule has 178 valence electrons. The highest BCUT2D eigenvalue weighted by Gasteiger charge is 2.36. The number of rotatable bonds is 3. The van der Waals surface area contributed by atoms with Gasteiger partial charge in [-0.05, 0) is 78.8 Å². The van der Waals surface area contributed by atoms with E-state index in [0.717, 1.165) is 36.1 Å². The van der Waals surface area contributed by atoms with Crippen LogP contribution in [0, 0.1) is 11.6 Å². The van der Waals surface area contributed by atoms with Crippen LogP contribution in [-0.2, 0) is 25.9 Å². The number of benzene rings is 2. The summed E-state index contributed by atoms with van der Waals surface area (Å²) in [6.45, 7) is 0.765. The maximum atomic E-state index is 13.8. The predicted molar refractivity (Wildman–Crippen MR) is 133 cm³/mol. The maximum absolute atomic E-state index is 13.8. The van der Waals surface area contributed by atoms with E-state index in [1.54, 1.807) is 24.3 Å². The SMILES string of the molecule is O=C(NCc1ccc(F)cc1)N1Cc2c(sc3c2CCCC3)-n2cccc2C1c1ccc(F)cc1. The minimum Gasteiger partial charge on any atom is -0.334 e. The number of carbonyl (C=O) groups excluding carboxylic acids is 1. The molecule has 7 heteroatoms. The van der Waals surface area contributed by atoms with Gasteiger partial charge in [0.05, 0.1) is 18.3 Å². The van der Waals surface area contributed by atoms with Crippen molar-refractivity contribution in [1.82, 2.24) is 14.8 Å². The summed E-state index contributed by atoms with van der Waals surface area (Å²) in [5, 5.41) is 4.22. The van der Waals surface area contributed by atoms with Gasteiger partial charge in [0, 0.05) is 23.2 Å². The lowest BCUT2D eigenvalue weighted by Gasteiger charge is -2.31. The number of nitrogens with zero attached hydrogens (tertiary/aromatic N) is 2. The van der Waals surface area contributed by atoms with Crippen molar-refractivity contribution < 1.29 is 13.6 Å². The molecule has 1 atom stereocenters. The smallest absolute Gasteiger partial charge is 0.318 e. The number of halogens is 2. The summed E-state index contributed by atoms with van der Waals surface area (Å²) in [6.07, 6.45) is 6.54. The van der Waals surface area contributed by atoms with Crippen molar-refractivity contribution >= 4 is 17.4 Å². The standard InChI is InChI=1S/C28H25F2N3OS/c29-20-11-7-18(8-12-20)16-31-28(34)33-17-23-22-4-1-2-6-25(22)35-27(23)32-15-3-5-24(32)26(33)19-9-13-21(30)14-10-19/h3,5,7-15,26H,1-2,4,6,16-17H2,(H,31,34). The molecule has 0 saturated heterocycles. The van der Waals surface area contributed by atoms with Crippen LogP contribution in [0.15, 0.2) is 66.9 Å². The van der Waals surface area contributed by atoms with Crippen molar-refractivity contribution in [2.45, 2.75) is 44.8 Å². The Morgan fingerprint density at radius 1 is 0.943 bits per heavy atom. The number of nitrogens with one attached hydrogen (secondary N) is 1. The molecule has 1 aliphatic heterocycles. The van der Waals surface area contributed by atoms with Gasteiger partial charge in [-0.15, -0.1) is 11.3 Å². The lowest BCUT2D eigenvalue weighted by atomic mass is 9.95. The Bertz CT molecular complexity index is 1370. The zero-order valence-electron chi connectivity index (χ0n) is 19.1. The van der Waals surface area contributed by atoms with Gasteiger partial charge < -0.3 is 14.8 Å². The number of thiophene rings is 1. The molecule has 0 saturated carbocycles. The van der Waals surface area contributed by atoms with E-state index in [-0.39, 0.29) is 23.7 Å². The fraction of sp³-hybridized carbons (Fsp3) is 0.250. The van der Waals surface area contributed by atoms with E-state index < -0.39 is 0 Å². The lowest BCUT2D eigenvalue weighted by Crippen LogP contribution is -2.41. The average molecular weight is 490 g/mol.